The van der Waals surface area contributed by atoms with Crippen molar-refractivity contribution in [1.82, 2.24) is 0 Å². The Morgan fingerprint density at radius 2 is 2.21 bits per heavy atom. The minimum absolute atomic E-state index is 0.114. The number of halogens is 1. The number of esters is 1. The normalized spacial score (nSPS) is 23.2. The van der Waals surface area contributed by atoms with E-state index in [4.69, 9.17) is 21.1 Å². The Labute approximate surface area is 85.6 Å². The van der Waals surface area contributed by atoms with Crippen LogP contribution in [0, 0.1) is 0 Å². The van der Waals surface area contributed by atoms with Gasteiger partial charge in [0.2, 0.25) is 0 Å². The van der Waals surface area contributed by atoms with E-state index in [0.717, 1.165) is 11.1 Å². The molecular weight excluding hydrogens is 204 g/mol. The fourth-order valence-corrected chi connectivity index (χ4v) is 2.00. The summed E-state index contributed by atoms with van der Waals surface area (Å²) in [4.78, 5) is 11.2. The molecule has 0 amide bonds. The molecule has 1 aromatic rings. The zero-order chi connectivity index (χ0) is 9.71. The molecule has 0 aromatic heterocycles. The summed E-state index contributed by atoms with van der Waals surface area (Å²) in [7, 11) is 0. The minimum atomic E-state index is -0.287. The maximum absolute atomic E-state index is 11.2. The zero-order valence-electron chi connectivity index (χ0n) is 7.25. The van der Waals surface area contributed by atoms with Crippen LogP contribution in [-0.4, -0.2) is 12.6 Å². The molecule has 0 N–H and O–H groups in total. The number of fused-ring (bicyclic) bond motifs is 1. The molecule has 0 radical (unpaired) electrons. The highest BCUT2D eigenvalue weighted by Crippen LogP contribution is 2.39. The predicted molar refractivity (Wildman–Crippen MR) is 49.3 cm³/mol. The van der Waals surface area contributed by atoms with Crippen molar-refractivity contribution >= 4 is 17.6 Å². The number of rotatable bonds is 1. The van der Waals surface area contributed by atoms with Crippen LogP contribution < -0.4 is 0 Å². The van der Waals surface area contributed by atoms with Gasteiger partial charge >= 0.3 is 5.97 Å². The molecule has 2 heterocycles. The van der Waals surface area contributed by atoms with Crippen LogP contribution in [0.3, 0.4) is 0 Å². The Hall–Kier alpha value is -1.06. The summed E-state index contributed by atoms with van der Waals surface area (Å²) in [5, 5.41) is 0.621. The Balaban J connectivity index is 2.16. The quantitative estimate of drug-likeness (QED) is 0.526. The van der Waals surface area contributed by atoms with Gasteiger partial charge in [-0.25, -0.2) is 4.79 Å². The first-order valence-corrected chi connectivity index (χ1v) is 4.75. The van der Waals surface area contributed by atoms with E-state index < -0.39 is 0 Å². The monoisotopic (exact) mass is 210 g/mol. The van der Waals surface area contributed by atoms with Crippen LogP contribution in [0.1, 0.15) is 27.6 Å². The lowest BCUT2D eigenvalue weighted by molar-refractivity contribution is 0.0535. The Morgan fingerprint density at radius 3 is 2.93 bits per heavy atom. The van der Waals surface area contributed by atoms with Crippen LogP contribution in [0.15, 0.2) is 12.1 Å². The van der Waals surface area contributed by atoms with Crippen molar-refractivity contribution in [2.24, 2.45) is 0 Å². The molecule has 1 aromatic carbocycles. The van der Waals surface area contributed by atoms with Crippen LogP contribution in [0.4, 0.5) is 0 Å². The second-order valence-electron chi connectivity index (χ2n) is 3.39. The molecule has 0 unspecified atom stereocenters. The molecular formula is C10H7ClO3. The average Bonchev–Trinajstić information content (AvgIpc) is 2.93. The van der Waals surface area contributed by atoms with E-state index >= 15 is 0 Å². The molecule has 0 aliphatic carbocycles. The molecule has 0 bridgehead atoms. The van der Waals surface area contributed by atoms with E-state index in [1.165, 1.54) is 0 Å². The van der Waals surface area contributed by atoms with Gasteiger partial charge in [0.15, 0.2) is 0 Å². The van der Waals surface area contributed by atoms with Crippen LogP contribution in [0.2, 0.25) is 5.02 Å². The van der Waals surface area contributed by atoms with Gasteiger partial charge in [-0.05, 0) is 6.07 Å². The lowest BCUT2D eigenvalue weighted by Gasteiger charge is -2.03. The Kier molecular flexibility index (Phi) is 1.60. The van der Waals surface area contributed by atoms with Crippen LogP contribution in [0.25, 0.3) is 0 Å². The third-order valence-corrected chi connectivity index (χ3v) is 2.97. The molecule has 3 nitrogen and oxygen atoms in total. The molecule has 72 valence electrons. The first kappa shape index (κ1) is 8.26. The molecule has 2 aliphatic rings. The van der Waals surface area contributed by atoms with Gasteiger partial charge in [-0.15, -0.1) is 0 Å². The predicted octanol–water partition coefficient (Wildman–Crippen LogP) is 2.08. The second kappa shape index (κ2) is 2.72. The van der Waals surface area contributed by atoms with Crippen LogP contribution in [-0.2, 0) is 16.1 Å². The third kappa shape index (κ3) is 1.06. The first-order valence-electron chi connectivity index (χ1n) is 4.37. The molecule has 14 heavy (non-hydrogen) atoms. The van der Waals surface area contributed by atoms with E-state index in [0.29, 0.717) is 17.2 Å². The first-order chi connectivity index (χ1) is 6.77. The number of benzene rings is 1. The largest absolute Gasteiger partial charge is 0.457 e. The summed E-state index contributed by atoms with van der Waals surface area (Å²) in [5.74, 6) is -0.287. The van der Waals surface area contributed by atoms with Crippen molar-refractivity contribution in [3.05, 3.63) is 33.8 Å². The van der Waals surface area contributed by atoms with Gasteiger partial charge in [-0.3, -0.25) is 0 Å². The fraction of sp³-hybridized carbons (Fsp3) is 0.300. The number of cyclic esters (lactones) is 1. The average molecular weight is 211 g/mol. The van der Waals surface area contributed by atoms with Gasteiger partial charge in [-0.1, -0.05) is 17.7 Å². The molecule has 1 saturated heterocycles. The van der Waals surface area contributed by atoms with Gasteiger partial charge in [-0.2, -0.15) is 0 Å². The van der Waals surface area contributed by atoms with Crippen molar-refractivity contribution in [3.8, 4) is 0 Å². The topological polar surface area (TPSA) is 38.8 Å². The third-order valence-electron chi connectivity index (χ3n) is 2.52. The smallest absolute Gasteiger partial charge is 0.338 e. The van der Waals surface area contributed by atoms with Crippen molar-refractivity contribution in [3.63, 3.8) is 0 Å². The van der Waals surface area contributed by atoms with Gasteiger partial charge in [0, 0.05) is 11.1 Å². The summed E-state index contributed by atoms with van der Waals surface area (Å²) in [5.41, 5.74) is 2.34. The summed E-state index contributed by atoms with van der Waals surface area (Å²) in [6.45, 7) is 1.00. The summed E-state index contributed by atoms with van der Waals surface area (Å²) >= 11 is 6.14. The number of hydrogen-bond donors (Lipinski definition) is 0. The highest BCUT2D eigenvalue weighted by Gasteiger charge is 2.32. The number of ether oxygens (including phenoxy) is 2. The summed E-state index contributed by atoms with van der Waals surface area (Å²) < 4.78 is 10.0. The van der Waals surface area contributed by atoms with E-state index in [1.807, 2.05) is 6.07 Å². The molecule has 0 saturated carbocycles. The molecule has 4 heteroatoms. The highest BCUT2D eigenvalue weighted by atomic mass is 35.5. The number of carbonyl (C=O) groups is 1. The summed E-state index contributed by atoms with van der Waals surface area (Å²) in [6.07, 6.45) is 0.114. The second-order valence-corrected chi connectivity index (χ2v) is 3.77. The van der Waals surface area contributed by atoms with E-state index in [-0.39, 0.29) is 18.7 Å². The standard InChI is InChI=1S/C10H7ClO3/c11-9-6(8-4-13-8)2-1-5-7(9)3-14-10(5)12/h1-2,8H,3-4H2/t8-/m1/s1. The Morgan fingerprint density at radius 1 is 1.43 bits per heavy atom. The van der Waals surface area contributed by atoms with Gasteiger partial charge in [0.1, 0.15) is 12.7 Å². The lowest BCUT2D eigenvalue weighted by Crippen LogP contribution is -1.94. The lowest BCUT2D eigenvalue weighted by atomic mass is 10.0. The number of epoxide rings is 1. The van der Waals surface area contributed by atoms with Crippen LogP contribution in [0.5, 0.6) is 0 Å². The maximum atomic E-state index is 11.2. The molecule has 3 rings (SSSR count). The van der Waals surface area contributed by atoms with Gasteiger partial charge in [0.05, 0.1) is 17.2 Å². The SMILES string of the molecule is O=C1OCc2c1ccc([C@H]1CO1)c2Cl. The van der Waals surface area contributed by atoms with Gasteiger partial charge < -0.3 is 9.47 Å². The van der Waals surface area contributed by atoms with E-state index in [1.54, 1.807) is 6.07 Å². The molecule has 0 spiro atoms. The fourth-order valence-electron chi connectivity index (χ4n) is 1.66. The minimum Gasteiger partial charge on any atom is -0.457 e. The van der Waals surface area contributed by atoms with E-state index in [9.17, 15) is 4.79 Å². The van der Waals surface area contributed by atoms with Crippen LogP contribution >= 0.6 is 11.6 Å². The number of carbonyl (C=O) groups excluding carboxylic acids is 1. The number of hydrogen-bond acceptors (Lipinski definition) is 3. The Bertz CT molecular complexity index is 424. The zero-order valence-corrected chi connectivity index (χ0v) is 8.00. The molecule has 2 aliphatic heterocycles. The summed E-state index contributed by atoms with van der Waals surface area (Å²) in [6, 6.07) is 3.60. The van der Waals surface area contributed by atoms with Crippen molar-refractivity contribution in [1.29, 1.82) is 0 Å². The van der Waals surface area contributed by atoms with Crippen molar-refractivity contribution in [2.75, 3.05) is 6.61 Å². The maximum Gasteiger partial charge on any atom is 0.338 e. The van der Waals surface area contributed by atoms with Crippen molar-refractivity contribution < 1.29 is 14.3 Å². The van der Waals surface area contributed by atoms with Gasteiger partial charge in [0.25, 0.3) is 0 Å². The van der Waals surface area contributed by atoms with Crippen molar-refractivity contribution in [2.45, 2.75) is 12.7 Å². The highest BCUT2D eigenvalue weighted by molar-refractivity contribution is 6.32. The molecule has 1 atom stereocenters. The van der Waals surface area contributed by atoms with E-state index in [2.05, 4.69) is 0 Å². The molecule has 1 fully saturated rings.